The number of hydrogen-bond donors (Lipinski definition) is 3. The average Bonchev–Trinajstić information content (AvgIpc) is 3.32. The first kappa shape index (κ1) is 25.4. The minimum atomic E-state index is -1.63. The summed E-state index contributed by atoms with van der Waals surface area (Å²) < 4.78 is 5.21. The molecule has 2 aliphatic rings. The van der Waals surface area contributed by atoms with Gasteiger partial charge in [0.25, 0.3) is 0 Å². The Bertz CT molecular complexity index is 853. The van der Waals surface area contributed by atoms with E-state index in [1.54, 1.807) is 11.9 Å². The van der Waals surface area contributed by atoms with Gasteiger partial charge in [0.2, 0.25) is 5.91 Å². The molecule has 0 radical (unpaired) electrons. The summed E-state index contributed by atoms with van der Waals surface area (Å²) in [6.45, 7) is 0.327. The van der Waals surface area contributed by atoms with Crippen molar-refractivity contribution in [2.75, 3.05) is 37.5 Å². The molecule has 0 spiro atoms. The van der Waals surface area contributed by atoms with Crippen molar-refractivity contribution in [1.82, 2.24) is 0 Å². The third-order valence-corrected chi connectivity index (χ3v) is 6.84. The Labute approximate surface area is 195 Å². The average molecular weight is 461 g/mol. The maximum Gasteiger partial charge on any atom is 0.232 e. The van der Waals surface area contributed by atoms with Crippen LogP contribution in [0.1, 0.15) is 32.1 Å². The molecule has 8 heteroatoms. The number of ether oxygens (including phenoxy) is 1. The van der Waals surface area contributed by atoms with Crippen molar-refractivity contribution < 1.29 is 29.6 Å². The predicted molar refractivity (Wildman–Crippen MR) is 126 cm³/mol. The molecule has 3 rings (SSSR count). The second-order valence-electron chi connectivity index (χ2n) is 9.19. The number of amides is 1. The zero-order chi connectivity index (χ0) is 24.1. The maximum atomic E-state index is 13.1. The van der Waals surface area contributed by atoms with Gasteiger partial charge in [0.15, 0.2) is 5.78 Å². The normalized spacial score (nSPS) is 23.3. The molecule has 0 bridgehead atoms. The monoisotopic (exact) mass is 460 g/mol. The van der Waals surface area contributed by atoms with E-state index in [-0.39, 0.29) is 12.3 Å². The Kier molecular flexibility index (Phi) is 8.64. The molecule has 33 heavy (non-hydrogen) atoms. The fourth-order valence-electron chi connectivity index (χ4n) is 4.86. The molecule has 182 valence electrons. The number of rotatable bonds is 9. The second kappa shape index (κ2) is 11.2. The lowest BCUT2D eigenvalue weighted by Crippen LogP contribution is -2.49. The Morgan fingerprint density at radius 2 is 1.76 bits per heavy atom. The largest absolute Gasteiger partial charge is 0.387 e. The summed E-state index contributed by atoms with van der Waals surface area (Å²) in [6.07, 6.45) is 1.68. The summed E-state index contributed by atoms with van der Waals surface area (Å²) in [6, 6.07) is 7.52. The fraction of sp³-hybridized carbons (Fsp3) is 0.600. The summed E-state index contributed by atoms with van der Waals surface area (Å²) in [4.78, 5) is 29.6. The molecule has 1 aromatic carbocycles. The van der Waals surface area contributed by atoms with Crippen LogP contribution in [-0.4, -0.2) is 79.2 Å². The SMILES string of the molecule is CO[C@@H](C(=O)C[C@H]1CN(C)c2ccccc2N(C)C1=O)[C@H](O)[C@@H](O)[C@H](O)/C=C/C1CCCC1. The van der Waals surface area contributed by atoms with Crippen LogP contribution in [-0.2, 0) is 14.3 Å². The van der Waals surface area contributed by atoms with E-state index in [9.17, 15) is 24.9 Å². The van der Waals surface area contributed by atoms with Gasteiger partial charge in [-0.3, -0.25) is 9.59 Å². The third-order valence-electron chi connectivity index (χ3n) is 6.84. The van der Waals surface area contributed by atoms with E-state index in [0.717, 1.165) is 37.1 Å². The van der Waals surface area contributed by atoms with Crippen molar-refractivity contribution in [3.63, 3.8) is 0 Å². The number of allylic oxidation sites excluding steroid dienone is 1. The molecule has 5 atom stereocenters. The van der Waals surface area contributed by atoms with Gasteiger partial charge in [-0.2, -0.15) is 0 Å². The number of hydrogen-bond acceptors (Lipinski definition) is 7. The molecule has 0 unspecified atom stereocenters. The number of carbonyl (C=O) groups excluding carboxylic acids is 2. The van der Waals surface area contributed by atoms with Crippen LogP contribution in [0.2, 0.25) is 0 Å². The number of carbonyl (C=O) groups is 2. The van der Waals surface area contributed by atoms with Crippen LogP contribution in [0.3, 0.4) is 0 Å². The van der Waals surface area contributed by atoms with Crippen molar-refractivity contribution in [3.05, 3.63) is 36.4 Å². The molecule has 1 fully saturated rings. The van der Waals surface area contributed by atoms with Gasteiger partial charge in [0, 0.05) is 34.2 Å². The molecule has 0 saturated heterocycles. The number of nitrogens with zero attached hydrogens (tertiary/aromatic N) is 2. The van der Waals surface area contributed by atoms with Crippen molar-refractivity contribution in [1.29, 1.82) is 0 Å². The number of methoxy groups -OCH3 is 1. The van der Waals surface area contributed by atoms with Crippen LogP contribution in [0.4, 0.5) is 11.4 Å². The van der Waals surface area contributed by atoms with Gasteiger partial charge in [-0.25, -0.2) is 0 Å². The molecule has 0 aromatic heterocycles. The molecule has 1 aliphatic heterocycles. The number of Topliss-reactive ketones (excluding diaryl/α,β-unsaturated/α-hetero) is 1. The quantitative estimate of drug-likeness (QED) is 0.479. The summed E-state index contributed by atoms with van der Waals surface area (Å²) in [5.74, 6) is -0.982. The molecule has 3 N–H and O–H groups in total. The number of aliphatic hydroxyl groups excluding tert-OH is 3. The van der Waals surface area contributed by atoms with E-state index in [4.69, 9.17) is 4.74 Å². The number of ketones is 1. The minimum absolute atomic E-state index is 0.155. The summed E-state index contributed by atoms with van der Waals surface area (Å²) >= 11 is 0. The van der Waals surface area contributed by atoms with Gasteiger partial charge in [0.1, 0.15) is 24.4 Å². The zero-order valence-corrected chi connectivity index (χ0v) is 19.6. The highest BCUT2D eigenvalue weighted by Gasteiger charge is 2.38. The lowest BCUT2D eigenvalue weighted by atomic mass is 9.92. The van der Waals surface area contributed by atoms with Gasteiger partial charge >= 0.3 is 0 Å². The zero-order valence-electron chi connectivity index (χ0n) is 19.6. The smallest absolute Gasteiger partial charge is 0.232 e. The number of anilines is 2. The molecule has 1 aromatic rings. The van der Waals surface area contributed by atoms with Gasteiger partial charge in [-0.05, 0) is 30.9 Å². The van der Waals surface area contributed by atoms with E-state index in [1.165, 1.54) is 13.2 Å². The van der Waals surface area contributed by atoms with E-state index >= 15 is 0 Å². The Morgan fingerprint density at radius 1 is 1.12 bits per heavy atom. The Balaban J connectivity index is 1.66. The van der Waals surface area contributed by atoms with Gasteiger partial charge < -0.3 is 29.9 Å². The molecule has 8 nitrogen and oxygen atoms in total. The summed E-state index contributed by atoms with van der Waals surface area (Å²) in [7, 11) is 4.81. The molecule has 1 heterocycles. The van der Waals surface area contributed by atoms with Crippen LogP contribution in [0.5, 0.6) is 0 Å². The highest BCUT2D eigenvalue weighted by molar-refractivity contribution is 6.01. The summed E-state index contributed by atoms with van der Waals surface area (Å²) in [5.41, 5.74) is 1.65. The summed E-state index contributed by atoms with van der Waals surface area (Å²) in [5, 5.41) is 31.4. The van der Waals surface area contributed by atoms with Gasteiger partial charge in [-0.1, -0.05) is 37.1 Å². The predicted octanol–water partition coefficient (Wildman–Crippen LogP) is 1.52. The number of fused-ring (bicyclic) bond motifs is 1. The molecule has 1 aliphatic carbocycles. The van der Waals surface area contributed by atoms with Crippen LogP contribution in [0.15, 0.2) is 36.4 Å². The number of benzene rings is 1. The first-order valence-electron chi connectivity index (χ1n) is 11.6. The van der Waals surface area contributed by atoms with Gasteiger partial charge in [0.05, 0.1) is 17.3 Å². The van der Waals surface area contributed by atoms with E-state index < -0.39 is 36.1 Å². The standard InChI is InChI=1S/C25H36N2O6/c1-26-15-17(25(32)27(2)19-11-7-6-10-18(19)26)14-21(29)24(33-3)23(31)22(30)20(28)13-12-16-8-4-5-9-16/h6-7,10-13,16-17,20,22-24,28,30-31H,4-5,8-9,14-15H2,1-3H3/b13-12+/t17-,20+,22-,23+,24-/m0/s1. The molecule has 1 amide bonds. The lowest BCUT2D eigenvalue weighted by molar-refractivity contribution is -0.148. The highest BCUT2D eigenvalue weighted by atomic mass is 16.5. The van der Waals surface area contributed by atoms with Crippen molar-refractivity contribution in [3.8, 4) is 0 Å². The van der Waals surface area contributed by atoms with E-state index in [0.29, 0.717) is 12.5 Å². The van der Waals surface area contributed by atoms with E-state index in [1.807, 2.05) is 42.3 Å². The van der Waals surface area contributed by atoms with Crippen LogP contribution in [0, 0.1) is 11.8 Å². The molecule has 1 saturated carbocycles. The third kappa shape index (κ3) is 5.81. The molecular formula is C25H36N2O6. The fourth-order valence-corrected chi connectivity index (χ4v) is 4.86. The topological polar surface area (TPSA) is 111 Å². The van der Waals surface area contributed by atoms with Crippen molar-refractivity contribution >= 4 is 23.1 Å². The Morgan fingerprint density at radius 3 is 2.39 bits per heavy atom. The highest BCUT2D eigenvalue weighted by Crippen LogP contribution is 2.33. The van der Waals surface area contributed by atoms with Crippen molar-refractivity contribution in [2.24, 2.45) is 11.8 Å². The molecular weight excluding hydrogens is 424 g/mol. The number of para-hydroxylation sites is 2. The Hall–Kier alpha value is -2.26. The first-order valence-corrected chi connectivity index (χ1v) is 11.6. The first-order chi connectivity index (χ1) is 15.7. The maximum absolute atomic E-state index is 13.1. The van der Waals surface area contributed by atoms with Crippen LogP contribution >= 0.6 is 0 Å². The number of aliphatic hydroxyl groups is 3. The lowest BCUT2D eigenvalue weighted by Gasteiger charge is -2.28. The van der Waals surface area contributed by atoms with E-state index in [2.05, 4.69) is 0 Å². The van der Waals surface area contributed by atoms with Crippen molar-refractivity contribution in [2.45, 2.75) is 56.5 Å². The van der Waals surface area contributed by atoms with Gasteiger partial charge in [-0.15, -0.1) is 0 Å². The van der Waals surface area contributed by atoms with Crippen LogP contribution in [0.25, 0.3) is 0 Å². The second-order valence-corrected chi connectivity index (χ2v) is 9.19. The van der Waals surface area contributed by atoms with Crippen LogP contribution < -0.4 is 9.80 Å². The minimum Gasteiger partial charge on any atom is -0.387 e.